The Bertz CT molecular complexity index is 1180. The second-order valence-electron chi connectivity index (χ2n) is 8.67. The number of fused-ring (bicyclic) bond motifs is 1. The minimum absolute atomic E-state index is 0.0561. The van der Waals surface area contributed by atoms with Crippen molar-refractivity contribution in [3.8, 4) is 0 Å². The van der Waals surface area contributed by atoms with Gasteiger partial charge in [0.25, 0.3) is 5.91 Å². The first-order valence-corrected chi connectivity index (χ1v) is 12.4. The third-order valence-electron chi connectivity index (χ3n) is 6.41. The molecule has 1 unspecified atom stereocenters. The zero-order valence-corrected chi connectivity index (χ0v) is 19.5. The molecule has 4 rings (SSSR count). The summed E-state index contributed by atoms with van der Waals surface area (Å²) in [5, 5.41) is 10.1. The number of aryl methyl sites for hydroxylation is 2. The molecular formula is C24H28N2O6S. The number of amides is 1. The Kier molecular flexibility index (Phi) is 6.56. The first-order valence-electron chi connectivity index (χ1n) is 10.9. The molecule has 0 bridgehead atoms. The lowest BCUT2D eigenvalue weighted by Gasteiger charge is -2.29. The van der Waals surface area contributed by atoms with E-state index in [0.29, 0.717) is 13.1 Å². The summed E-state index contributed by atoms with van der Waals surface area (Å²) in [6.45, 7) is 3.99. The van der Waals surface area contributed by atoms with Gasteiger partial charge in [0.05, 0.1) is 11.0 Å². The van der Waals surface area contributed by atoms with Crippen LogP contribution in [0.4, 0.5) is 0 Å². The highest BCUT2D eigenvalue weighted by Crippen LogP contribution is 2.28. The van der Waals surface area contributed by atoms with Crippen LogP contribution in [0.15, 0.2) is 47.4 Å². The van der Waals surface area contributed by atoms with E-state index in [4.69, 9.17) is 4.74 Å². The van der Waals surface area contributed by atoms with E-state index in [9.17, 15) is 23.1 Å². The minimum atomic E-state index is -4.02. The van der Waals surface area contributed by atoms with E-state index in [2.05, 4.69) is 0 Å². The van der Waals surface area contributed by atoms with E-state index < -0.39 is 34.7 Å². The van der Waals surface area contributed by atoms with Crippen LogP contribution in [0.3, 0.4) is 0 Å². The highest BCUT2D eigenvalue weighted by atomic mass is 32.2. The molecule has 2 aromatic rings. The standard InChI is InChI=1S/C24H28N2O6S/c1-16-7-8-21(11-17(16)2)33(30,31)26-14-20(27)12-22(26)24(29)32-15-23(28)25-10-9-18-5-3-4-6-19(18)13-25/h3-8,11,20,22,27H,9-10,12-15H2,1-2H3/t20?,22-/m0/s1. The van der Waals surface area contributed by atoms with Crippen LogP contribution < -0.4 is 0 Å². The van der Waals surface area contributed by atoms with Crippen LogP contribution in [0.5, 0.6) is 0 Å². The number of sulfonamides is 1. The van der Waals surface area contributed by atoms with Crippen LogP contribution in [-0.4, -0.2) is 66.4 Å². The number of carbonyl (C=O) groups excluding carboxylic acids is 2. The van der Waals surface area contributed by atoms with Crippen molar-refractivity contribution in [2.24, 2.45) is 0 Å². The van der Waals surface area contributed by atoms with E-state index >= 15 is 0 Å². The van der Waals surface area contributed by atoms with Gasteiger partial charge in [0.2, 0.25) is 10.0 Å². The number of hydrogen-bond donors (Lipinski definition) is 1. The Morgan fingerprint density at radius 2 is 1.82 bits per heavy atom. The smallest absolute Gasteiger partial charge is 0.325 e. The van der Waals surface area contributed by atoms with Crippen LogP contribution in [-0.2, 0) is 37.3 Å². The predicted octanol–water partition coefficient (Wildman–Crippen LogP) is 1.56. The maximum absolute atomic E-state index is 13.2. The van der Waals surface area contributed by atoms with Gasteiger partial charge in [0.1, 0.15) is 6.04 Å². The number of aliphatic hydroxyl groups excluding tert-OH is 1. The van der Waals surface area contributed by atoms with Crippen molar-refractivity contribution >= 4 is 21.9 Å². The third kappa shape index (κ3) is 4.80. The van der Waals surface area contributed by atoms with Crippen molar-refractivity contribution < 1.29 is 27.9 Å². The Balaban J connectivity index is 1.42. The van der Waals surface area contributed by atoms with Gasteiger partial charge in [0, 0.05) is 26.1 Å². The van der Waals surface area contributed by atoms with Gasteiger partial charge in [-0.25, -0.2) is 8.42 Å². The number of carbonyl (C=O) groups is 2. The Morgan fingerprint density at radius 1 is 1.09 bits per heavy atom. The van der Waals surface area contributed by atoms with Gasteiger partial charge in [-0.3, -0.25) is 9.59 Å². The molecule has 8 nitrogen and oxygen atoms in total. The molecule has 0 radical (unpaired) electrons. The molecule has 1 saturated heterocycles. The van der Waals surface area contributed by atoms with E-state index in [1.165, 1.54) is 11.6 Å². The first-order chi connectivity index (χ1) is 15.7. The van der Waals surface area contributed by atoms with Crippen LogP contribution in [0, 0.1) is 13.8 Å². The summed E-state index contributed by atoms with van der Waals surface area (Å²) < 4.78 is 32.6. The molecule has 1 N–H and O–H groups in total. The molecule has 2 aromatic carbocycles. The van der Waals surface area contributed by atoms with Gasteiger partial charge >= 0.3 is 5.97 Å². The average Bonchev–Trinajstić information content (AvgIpc) is 3.21. The number of nitrogens with zero attached hydrogens (tertiary/aromatic N) is 2. The Labute approximate surface area is 193 Å². The summed E-state index contributed by atoms with van der Waals surface area (Å²) in [5.41, 5.74) is 4.02. The van der Waals surface area contributed by atoms with Crippen LogP contribution >= 0.6 is 0 Å². The summed E-state index contributed by atoms with van der Waals surface area (Å²) in [6, 6.07) is 11.5. The molecule has 0 aromatic heterocycles. The van der Waals surface area contributed by atoms with Crippen LogP contribution in [0.2, 0.25) is 0 Å². The molecule has 176 valence electrons. The van der Waals surface area contributed by atoms with Crippen LogP contribution in [0.25, 0.3) is 0 Å². The molecule has 2 aliphatic heterocycles. The maximum Gasteiger partial charge on any atom is 0.325 e. The molecule has 2 heterocycles. The minimum Gasteiger partial charge on any atom is -0.454 e. The molecule has 0 saturated carbocycles. The molecular weight excluding hydrogens is 444 g/mol. The predicted molar refractivity (Wildman–Crippen MR) is 121 cm³/mol. The summed E-state index contributed by atoms with van der Waals surface area (Å²) in [5.74, 6) is -1.16. The zero-order chi connectivity index (χ0) is 23.8. The summed E-state index contributed by atoms with van der Waals surface area (Å²) >= 11 is 0. The molecule has 9 heteroatoms. The summed E-state index contributed by atoms with van der Waals surface area (Å²) in [4.78, 5) is 27.1. The highest BCUT2D eigenvalue weighted by Gasteiger charge is 2.44. The van der Waals surface area contributed by atoms with Gasteiger partial charge in [-0.1, -0.05) is 30.3 Å². The SMILES string of the molecule is Cc1ccc(S(=O)(=O)N2CC(O)C[C@H]2C(=O)OCC(=O)N2CCc3ccccc3C2)cc1C. The van der Waals surface area contributed by atoms with Crippen molar-refractivity contribution in [3.05, 3.63) is 64.7 Å². The lowest BCUT2D eigenvalue weighted by Crippen LogP contribution is -2.43. The summed E-state index contributed by atoms with van der Waals surface area (Å²) in [7, 11) is -4.02. The fourth-order valence-corrected chi connectivity index (χ4v) is 6.01. The van der Waals surface area contributed by atoms with Crippen LogP contribution in [0.1, 0.15) is 28.7 Å². The molecule has 1 fully saturated rings. The van der Waals surface area contributed by atoms with Gasteiger partial charge < -0.3 is 14.7 Å². The van der Waals surface area contributed by atoms with Gasteiger partial charge in [0.15, 0.2) is 6.61 Å². The largest absolute Gasteiger partial charge is 0.454 e. The molecule has 0 spiro atoms. The zero-order valence-electron chi connectivity index (χ0n) is 18.7. The number of rotatable bonds is 5. The lowest BCUT2D eigenvalue weighted by molar-refractivity contribution is -0.155. The average molecular weight is 473 g/mol. The molecule has 2 atom stereocenters. The van der Waals surface area contributed by atoms with E-state index in [1.54, 1.807) is 17.0 Å². The quantitative estimate of drug-likeness (QED) is 0.663. The number of esters is 1. The molecule has 33 heavy (non-hydrogen) atoms. The number of β-amino-alcohol motifs (C(OH)–C–C–N with tert-alkyl or cyclic N) is 1. The molecule has 2 aliphatic rings. The second-order valence-corrected chi connectivity index (χ2v) is 10.6. The molecule has 1 amide bonds. The van der Waals surface area contributed by atoms with Crippen molar-refractivity contribution in [1.29, 1.82) is 0 Å². The lowest BCUT2D eigenvalue weighted by atomic mass is 10.00. The Hall–Kier alpha value is -2.75. The topological polar surface area (TPSA) is 104 Å². The fraction of sp³-hybridized carbons (Fsp3) is 0.417. The normalized spacial score (nSPS) is 21.0. The fourth-order valence-electron chi connectivity index (χ4n) is 4.30. The maximum atomic E-state index is 13.2. The van der Waals surface area contributed by atoms with Crippen molar-refractivity contribution in [2.45, 2.75) is 50.3 Å². The van der Waals surface area contributed by atoms with E-state index in [-0.39, 0.29) is 23.8 Å². The number of hydrogen-bond acceptors (Lipinski definition) is 6. The van der Waals surface area contributed by atoms with Crippen molar-refractivity contribution in [2.75, 3.05) is 19.7 Å². The van der Waals surface area contributed by atoms with Crippen molar-refractivity contribution in [1.82, 2.24) is 9.21 Å². The molecule has 0 aliphatic carbocycles. The van der Waals surface area contributed by atoms with Gasteiger partial charge in [-0.15, -0.1) is 0 Å². The monoisotopic (exact) mass is 472 g/mol. The number of ether oxygens (including phenoxy) is 1. The Morgan fingerprint density at radius 3 is 2.55 bits per heavy atom. The second kappa shape index (κ2) is 9.24. The highest BCUT2D eigenvalue weighted by molar-refractivity contribution is 7.89. The van der Waals surface area contributed by atoms with Gasteiger partial charge in [-0.05, 0) is 54.7 Å². The first kappa shape index (κ1) is 23.4. The third-order valence-corrected chi connectivity index (χ3v) is 8.28. The van der Waals surface area contributed by atoms with Crippen molar-refractivity contribution in [3.63, 3.8) is 0 Å². The van der Waals surface area contributed by atoms with E-state index in [0.717, 1.165) is 27.4 Å². The number of benzene rings is 2. The summed E-state index contributed by atoms with van der Waals surface area (Å²) in [6.07, 6.45) is -0.334. The van der Waals surface area contributed by atoms with E-state index in [1.807, 2.05) is 38.1 Å². The number of aliphatic hydroxyl groups is 1. The van der Waals surface area contributed by atoms with Gasteiger partial charge in [-0.2, -0.15) is 4.31 Å².